The quantitative estimate of drug-likeness (QED) is 0.783. The van der Waals surface area contributed by atoms with Gasteiger partial charge in [-0.1, -0.05) is 0 Å². The predicted molar refractivity (Wildman–Crippen MR) is 116 cm³/mol. The van der Waals surface area contributed by atoms with E-state index >= 15 is 0 Å². The fraction of sp³-hybridized carbons (Fsp3) is 0.381. The van der Waals surface area contributed by atoms with Crippen molar-refractivity contribution in [2.24, 2.45) is 0 Å². The first-order chi connectivity index (χ1) is 13.2. The van der Waals surface area contributed by atoms with Crippen LogP contribution in [0.25, 0.3) is 0 Å². The number of carbonyl (C=O) groups excluding carboxylic acids is 1. The Morgan fingerprint density at radius 2 is 1.74 bits per heavy atom. The van der Waals surface area contributed by atoms with Crippen LogP contribution in [0.15, 0.2) is 48.5 Å². The molecular formula is C21H27N3O2S. The number of benzene rings is 2. The molecule has 0 saturated carbocycles. The third kappa shape index (κ3) is 5.10. The van der Waals surface area contributed by atoms with Gasteiger partial charge in [-0.05, 0) is 62.4 Å². The SMILES string of the molecule is CCOc1ccc(N(CC)C(=O)Nc2ccc(N3CCSCC3)cc2)cc1. The lowest BCUT2D eigenvalue weighted by atomic mass is 10.2. The summed E-state index contributed by atoms with van der Waals surface area (Å²) in [6.45, 7) is 7.30. The molecule has 0 aromatic heterocycles. The second-order valence-electron chi connectivity index (χ2n) is 6.25. The van der Waals surface area contributed by atoms with Crippen LogP contribution in [0, 0.1) is 0 Å². The van der Waals surface area contributed by atoms with Crippen LogP contribution in [-0.4, -0.2) is 43.8 Å². The summed E-state index contributed by atoms with van der Waals surface area (Å²) in [4.78, 5) is 16.8. The highest BCUT2D eigenvalue weighted by Crippen LogP contribution is 2.23. The summed E-state index contributed by atoms with van der Waals surface area (Å²) in [5.74, 6) is 3.15. The topological polar surface area (TPSA) is 44.8 Å². The molecule has 2 aromatic rings. The van der Waals surface area contributed by atoms with Gasteiger partial charge in [0.05, 0.1) is 6.61 Å². The standard InChI is InChI=1S/C21H27N3O2S/c1-3-24(19-9-11-20(12-10-19)26-4-2)21(25)22-17-5-7-18(8-6-17)23-13-15-27-16-14-23/h5-12H,3-4,13-16H2,1-2H3,(H,22,25). The highest BCUT2D eigenvalue weighted by Gasteiger charge is 2.15. The minimum Gasteiger partial charge on any atom is -0.494 e. The fourth-order valence-corrected chi connectivity index (χ4v) is 4.00. The Morgan fingerprint density at radius 3 is 2.33 bits per heavy atom. The van der Waals surface area contributed by atoms with Crippen LogP contribution in [-0.2, 0) is 0 Å². The van der Waals surface area contributed by atoms with E-state index in [1.54, 1.807) is 4.90 Å². The van der Waals surface area contributed by atoms with Gasteiger partial charge in [-0.3, -0.25) is 4.90 Å². The number of carbonyl (C=O) groups is 1. The molecule has 1 fully saturated rings. The maximum absolute atomic E-state index is 12.7. The van der Waals surface area contributed by atoms with Crippen molar-refractivity contribution >= 4 is 34.9 Å². The molecule has 5 nitrogen and oxygen atoms in total. The number of nitrogens with zero attached hydrogens (tertiary/aromatic N) is 2. The van der Waals surface area contributed by atoms with Crippen molar-refractivity contribution in [3.05, 3.63) is 48.5 Å². The summed E-state index contributed by atoms with van der Waals surface area (Å²) in [6, 6.07) is 15.6. The van der Waals surface area contributed by atoms with Crippen LogP contribution in [0.2, 0.25) is 0 Å². The summed E-state index contributed by atoms with van der Waals surface area (Å²) in [5, 5.41) is 2.99. The van der Waals surface area contributed by atoms with E-state index in [2.05, 4.69) is 22.3 Å². The van der Waals surface area contributed by atoms with E-state index in [4.69, 9.17) is 4.74 Å². The number of thioether (sulfide) groups is 1. The first-order valence-corrected chi connectivity index (χ1v) is 10.6. The van der Waals surface area contributed by atoms with E-state index in [1.807, 2.05) is 62.0 Å². The van der Waals surface area contributed by atoms with Gasteiger partial charge in [0.2, 0.25) is 0 Å². The number of ether oxygens (including phenoxy) is 1. The number of urea groups is 1. The van der Waals surface area contributed by atoms with E-state index in [-0.39, 0.29) is 6.03 Å². The zero-order chi connectivity index (χ0) is 19.1. The second kappa shape index (κ2) is 9.55. The summed E-state index contributed by atoms with van der Waals surface area (Å²) in [5.41, 5.74) is 2.87. The minimum atomic E-state index is -0.135. The Balaban J connectivity index is 1.63. The maximum Gasteiger partial charge on any atom is 0.326 e. The molecule has 1 aliphatic rings. The fourth-order valence-electron chi connectivity index (χ4n) is 3.10. The van der Waals surface area contributed by atoms with Gasteiger partial charge in [0.25, 0.3) is 0 Å². The molecule has 0 bridgehead atoms. The first kappa shape index (κ1) is 19.4. The minimum absolute atomic E-state index is 0.135. The molecule has 1 saturated heterocycles. The highest BCUT2D eigenvalue weighted by atomic mass is 32.2. The van der Waals surface area contributed by atoms with E-state index < -0.39 is 0 Å². The van der Waals surface area contributed by atoms with Gasteiger partial charge in [-0.15, -0.1) is 0 Å². The highest BCUT2D eigenvalue weighted by molar-refractivity contribution is 7.99. The Kier molecular flexibility index (Phi) is 6.87. The molecule has 0 atom stereocenters. The van der Waals surface area contributed by atoms with Gasteiger partial charge < -0.3 is 15.0 Å². The number of rotatable bonds is 6. The van der Waals surface area contributed by atoms with Crippen molar-refractivity contribution in [2.45, 2.75) is 13.8 Å². The maximum atomic E-state index is 12.7. The Hall–Kier alpha value is -2.34. The van der Waals surface area contributed by atoms with Crippen molar-refractivity contribution in [2.75, 3.05) is 52.9 Å². The van der Waals surface area contributed by atoms with Gasteiger partial charge in [0, 0.05) is 48.2 Å². The zero-order valence-corrected chi connectivity index (χ0v) is 16.8. The number of amides is 2. The van der Waals surface area contributed by atoms with Crippen LogP contribution < -0.4 is 19.9 Å². The Labute approximate surface area is 165 Å². The third-order valence-corrected chi connectivity index (χ3v) is 5.46. The van der Waals surface area contributed by atoms with Crippen molar-refractivity contribution in [3.8, 4) is 5.75 Å². The molecular weight excluding hydrogens is 358 g/mol. The van der Waals surface area contributed by atoms with Crippen LogP contribution in [0.3, 0.4) is 0 Å². The van der Waals surface area contributed by atoms with Gasteiger partial charge in [0.1, 0.15) is 5.75 Å². The average molecular weight is 386 g/mol. The average Bonchev–Trinajstić information content (AvgIpc) is 2.71. The smallest absolute Gasteiger partial charge is 0.326 e. The normalized spacial score (nSPS) is 13.9. The van der Waals surface area contributed by atoms with Gasteiger partial charge in [-0.2, -0.15) is 11.8 Å². The van der Waals surface area contributed by atoms with Crippen molar-refractivity contribution in [1.29, 1.82) is 0 Å². The molecule has 1 heterocycles. The Bertz CT molecular complexity index is 728. The predicted octanol–water partition coefficient (Wildman–Crippen LogP) is 4.70. The monoisotopic (exact) mass is 385 g/mol. The third-order valence-electron chi connectivity index (χ3n) is 4.52. The largest absolute Gasteiger partial charge is 0.494 e. The molecule has 0 radical (unpaired) electrons. The summed E-state index contributed by atoms with van der Waals surface area (Å²) >= 11 is 2.00. The van der Waals surface area contributed by atoms with E-state index in [1.165, 1.54) is 17.2 Å². The van der Waals surface area contributed by atoms with Gasteiger partial charge >= 0.3 is 6.03 Å². The lowest BCUT2D eigenvalue weighted by Gasteiger charge is -2.28. The first-order valence-electron chi connectivity index (χ1n) is 9.45. The van der Waals surface area contributed by atoms with Crippen LogP contribution in [0.5, 0.6) is 5.75 Å². The molecule has 27 heavy (non-hydrogen) atoms. The van der Waals surface area contributed by atoms with E-state index in [9.17, 15) is 4.79 Å². The molecule has 3 rings (SSSR count). The van der Waals surface area contributed by atoms with Gasteiger partial charge in [-0.25, -0.2) is 4.79 Å². The zero-order valence-electron chi connectivity index (χ0n) is 16.0. The van der Waals surface area contributed by atoms with E-state index in [0.29, 0.717) is 13.2 Å². The number of hydrogen-bond donors (Lipinski definition) is 1. The molecule has 2 aromatic carbocycles. The number of anilines is 3. The Morgan fingerprint density at radius 1 is 1.07 bits per heavy atom. The van der Waals surface area contributed by atoms with Crippen molar-refractivity contribution in [3.63, 3.8) is 0 Å². The van der Waals surface area contributed by atoms with Crippen molar-refractivity contribution in [1.82, 2.24) is 0 Å². The summed E-state index contributed by atoms with van der Waals surface area (Å²) in [6.07, 6.45) is 0. The molecule has 144 valence electrons. The molecule has 6 heteroatoms. The molecule has 0 spiro atoms. The van der Waals surface area contributed by atoms with Crippen LogP contribution in [0.1, 0.15) is 13.8 Å². The lowest BCUT2D eigenvalue weighted by molar-refractivity contribution is 0.257. The second-order valence-corrected chi connectivity index (χ2v) is 7.47. The molecule has 1 aliphatic heterocycles. The molecule has 0 unspecified atom stereocenters. The molecule has 2 amide bonds. The number of nitrogens with one attached hydrogen (secondary N) is 1. The summed E-state index contributed by atoms with van der Waals surface area (Å²) < 4.78 is 5.47. The molecule has 0 aliphatic carbocycles. The summed E-state index contributed by atoms with van der Waals surface area (Å²) in [7, 11) is 0. The van der Waals surface area contributed by atoms with Crippen LogP contribution >= 0.6 is 11.8 Å². The van der Waals surface area contributed by atoms with Gasteiger partial charge in [0.15, 0.2) is 0 Å². The van der Waals surface area contributed by atoms with Crippen molar-refractivity contribution < 1.29 is 9.53 Å². The number of hydrogen-bond acceptors (Lipinski definition) is 4. The van der Waals surface area contributed by atoms with Crippen LogP contribution in [0.4, 0.5) is 21.9 Å². The molecule has 1 N–H and O–H groups in total. The van der Waals surface area contributed by atoms with E-state index in [0.717, 1.165) is 30.2 Å². The lowest BCUT2D eigenvalue weighted by Crippen LogP contribution is -2.34.